The zero-order valence-electron chi connectivity index (χ0n) is 10.8. The number of rotatable bonds is 6. The molecule has 96 valence electrons. The molecular formula is C15H19NOS. The summed E-state index contributed by atoms with van der Waals surface area (Å²) >= 11 is 1.72. The summed E-state index contributed by atoms with van der Waals surface area (Å²) in [5, 5.41) is 7.66. The quantitative estimate of drug-likeness (QED) is 0.824. The molecule has 0 aliphatic rings. The van der Waals surface area contributed by atoms with Crippen molar-refractivity contribution in [1.82, 2.24) is 0 Å². The summed E-state index contributed by atoms with van der Waals surface area (Å²) in [6.07, 6.45) is 1.28. The molecule has 1 atom stereocenters. The fraction of sp³-hybridized carbons (Fsp3) is 0.333. The van der Waals surface area contributed by atoms with Gasteiger partial charge in [0.1, 0.15) is 5.75 Å². The average molecular weight is 261 g/mol. The van der Waals surface area contributed by atoms with Crippen molar-refractivity contribution in [1.29, 1.82) is 0 Å². The lowest BCUT2D eigenvalue weighted by Crippen LogP contribution is -2.09. The fourth-order valence-corrected chi connectivity index (χ4v) is 2.26. The van der Waals surface area contributed by atoms with E-state index in [1.807, 2.05) is 12.1 Å². The molecule has 0 bridgehead atoms. The Labute approximate surface area is 113 Å². The van der Waals surface area contributed by atoms with Crippen LogP contribution in [0, 0.1) is 0 Å². The SMILES string of the molecule is CCC(C)Oc1cccc(NCc2ccsc2)c1. The molecule has 0 saturated heterocycles. The van der Waals surface area contributed by atoms with Crippen molar-refractivity contribution >= 4 is 17.0 Å². The molecule has 0 aliphatic carbocycles. The molecular weight excluding hydrogens is 242 g/mol. The third kappa shape index (κ3) is 3.77. The van der Waals surface area contributed by atoms with Crippen molar-refractivity contribution < 1.29 is 4.74 Å². The van der Waals surface area contributed by atoms with Crippen molar-refractivity contribution in [3.8, 4) is 5.75 Å². The zero-order chi connectivity index (χ0) is 12.8. The van der Waals surface area contributed by atoms with Crippen molar-refractivity contribution in [3.05, 3.63) is 46.7 Å². The Kier molecular flexibility index (Phi) is 4.65. The van der Waals surface area contributed by atoms with E-state index in [1.54, 1.807) is 11.3 Å². The zero-order valence-corrected chi connectivity index (χ0v) is 11.7. The van der Waals surface area contributed by atoms with Crippen LogP contribution < -0.4 is 10.1 Å². The molecule has 1 unspecified atom stereocenters. The molecule has 1 aromatic carbocycles. The van der Waals surface area contributed by atoms with E-state index < -0.39 is 0 Å². The van der Waals surface area contributed by atoms with E-state index in [1.165, 1.54) is 5.56 Å². The van der Waals surface area contributed by atoms with Crippen LogP contribution >= 0.6 is 11.3 Å². The van der Waals surface area contributed by atoms with E-state index in [4.69, 9.17) is 4.74 Å². The summed E-state index contributed by atoms with van der Waals surface area (Å²) in [4.78, 5) is 0. The minimum atomic E-state index is 0.261. The molecule has 0 saturated carbocycles. The van der Waals surface area contributed by atoms with Crippen LogP contribution in [-0.4, -0.2) is 6.10 Å². The summed E-state index contributed by atoms with van der Waals surface area (Å²) in [5.74, 6) is 0.930. The smallest absolute Gasteiger partial charge is 0.121 e. The summed E-state index contributed by atoms with van der Waals surface area (Å²) in [5.41, 5.74) is 2.41. The van der Waals surface area contributed by atoms with Crippen LogP contribution in [0.3, 0.4) is 0 Å². The van der Waals surface area contributed by atoms with Crippen molar-refractivity contribution in [2.75, 3.05) is 5.32 Å². The Hall–Kier alpha value is -1.48. The lowest BCUT2D eigenvalue weighted by molar-refractivity contribution is 0.217. The second kappa shape index (κ2) is 6.45. The van der Waals surface area contributed by atoms with Crippen LogP contribution in [0.2, 0.25) is 0 Å². The molecule has 2 nitrogen and oxygen atoms in total. The Bertz CT molecular complexity index is 467. The van der Waals surface area contributed by atoms with Gasteiger partial charge in [0, 0.05) is 18.3 Å². The van der Waals surface area contributed by atoms with Crippen LogP contribution in [0.5, 0.6) is 5.75 Å². The molecule has 0 amide bonds. The molecule has 0 radical (unpaired) electrons. The van der Waals surface area contributed by atoms with E-state index in [2.05, 4.69) is 48.1 Å². The van der Waals surface area contributed by atoms with E-state index in [0.717, 1.165) is 24.4 Å². The van der Waals surface area contributed by atoms with Crippen molar-refractivity contribution in [2.24, 2.45) is 0 Å². The van der Waals surface area contributed by atoms with Gasteiger partial charge in [-0.05, 0) is 47.9 Å². The van der Waals surface area contributed by atoms with E-state index in [9.17, 15) is 0 Å². The molecule has 0 spiro atoms. The summed E-state index contributed by atoms with van der Waals surface area (Å²) in [7, 11) is 0. The first kappa shape index (κ1) is 13.0. The largest absolute Gasteiger partial charge is 0.491 e. The molecule has 0 aliphatic heterocycles. The number of benzene rings is 1. The second-order valence-corrected chi connectivity index (χ2v) is 5.13. The van der Waals surface area contributed by atoms with E-state index >= 15 is 0 Å². The van der Waals surface area contributed by atoms with Gasteiger partial charge in [0.25, 0.3) is 0 Å². The maximum absolute atomic E-state index is 5.80. The summed E-state index contributed by atoms with van der Waals surface area (Å²) < 4.78 is 5.80. The topological polar surface area (TPSA) is 21.3 Å². The van der Waals surface area contributed by atoms with Gasteiger partial charge in [-0.25, -0.2) is 0 Å². The van der Waals surface area contributed by atoms with Crippen molar-refractivity contribution in [3.63, 3.8) is 0 Å². The molecule has 2 rings (SSSR count). The molecule has 1 heterocycles. The van der Waals surface area contributed by atoms with Gasteiger partial charge in [-0.15, -0.1) is 0 Å². The minimum Gasteiger partial charge on any atom is -0.491 e. The maximum Gasteiger partial charge on any atom is 0.121 e. The highest BCUT2D eigenvalue weighted by atomic mass is 32.1. The lowest BCUT2D eigenvalue weighted by atomic mass is 10.2. The number of thiophene rings is 1. The van der Waals surface area contributed by atoms with Gasteiger partial charge in [-0.3, -0.25) is 0 Å². The van der Waals surface area contributed by atoms with Crippen LogP contribution in [0.25, 0.3) is 0 Å². The standard InChI is InChI=1S/C15H19NOS/c1-3-12(2)17-15-6-4-5-14(9-15)16-10-13-7-8-18-11-13/h4-9,11-12,16H,3,10H2,1-2H3. The van der Waals surface area contributed by atoms with E-state index in [-0.39, 0.29) is 6.10 Å². The molecule has 3 heteroatoms. The van der Waals surface area contributed by atoms with E-state index in [0.29, 0.717) is 0 Å². The lowest BCUT2D eigenvalue weighted by Gasteiger charge is -2.13. The molecule has 1 aromatic heterocycles. The third-order valence-corrected chi connectivity index (χ3v) is 3.56. The van der Waals surface area contributed by atoms with Gasteiger partial charge in [0.2, 0.25) is 0 Å². The van der Waals surface area contributed by atoms with Gasteiger partial charge >= 0.3 is 0 Å². The monoisotopic (exact) mass is 261 g/mol. The Balaban J connectivity index is 1.94. The summed E-state index contributed by atoms with van der Waals surface area (Å²) in [6.45, 7) is 5.07. The first-order valence-electron chi connectivity index (χ1n) is 6.29. The number of anilines is 1. The average Bonchev–Trinajstić information content (AvgIpc) is 2.90. The van der Waals surface area contributed by atoms with Crippen LogP contribution in [0.1, 0.15) is 25.8 Å². The van der Waals surface area contributed by atoms with Gasteiger partial charge in [-0.2, -0.15) is 11.3 Å². The van der Waals surface area contributed by atoms with Gasteiger partial charge in [0.15, 0.2) is 0 Å². The number of hydrogen-bond acceptors (Lipinski definition) is 3. The first-order valence-corrected chi connectivity index (χ1v) is 7.24. The summed E-state index contributed by atoms with van der Waals surface area (Å²) in [6, 6.07) is 10.3. The first-order chi connectivity index (χ1) is 8.78. The molecule has 18 heavy (non-hydrogen) atoms. The highest BCUT2D eigenvalue weighted by molar-refractivity contribution is 7.07. The predicted octanol–water partition coefficient (Wildman–Crippen LogP) is 4.54. The van der Waals surface area contributed by atoms with Gasteiger partial charge in [-0.1, -0.05) is 13.0 Å². The number of ether oxygens (including phenoxy) is 1. The Morgan fingerprint density at radius 1 is 1.33 bits per heavy atom. The van der Waals surface area contributed by atoms with Gasteiger partial charge in [0.05, 0.1) is 6.10 Å². The predicted molar refractivity (Wildman–Crippen MR) is 78.5 cm³/mol. The van der Waals surface area contributed by atoms with Crippen LogP contribution in [-0.2, 0) is 6.54 Å². The number of hydrogen-bond donors (Lipinski definition) is 1. The molecule has 0 fully saturated rings. The molecule has 2 aromatic rings. The Morgan fingerprint density at radius 3 is 2.94 bits per heavy atom. The normalized spacial score (nSPS) is 12.1. The second-order valence-electron chi connectivity index (χ2n) is 4.35. The minimum absolute atomic E-state index is 0.261. The van der Waals surface area contributed by atoms with Crippen LogP contribution in [0.15, 0.2) is 41.1 Å². The number of nitrogens with one attached hydrogen (secondary N) is 1. The van der Waals surface area contributed by atoms with Crippen molar-refractivity contribution in [2.45, 2.75) is 32.9 Å². The molecule has 1 N–H and O–H groups in total. The Morgan fingerprint density at radius 2 is 2.22 bits per heavy atom. The maximum atomic E-state index is 5.80. The highest BCUT2D eigenvalue weighted by Gasteiger charge is 2.02. The third-order valence-electron chi connectivity index (χ3n) is 2.82. The fourth-order valence-electron chi connectivity index (χ4n) is 1.59. The highest BCUT2D eigenvalue weighted by Crippen LogP contribution is 2.20. The van der Waals surface area contributed by atoms with Gasteiger partial charge < -0.3 is 10.1 Å². The van der Waals surface area contributed by atoms with Crippen LogP contribution in [0.4, 0.5) is 5.69 Å².